The van der Waals surface area contributed by atoms with Gasteiger partial charge in [-0.2, -0.15) is 0 Å². The van der Waals surface area contributed by atoms with Crippen molar-refractivity contribution in [3.8, 4) is 22.3 Å². The maximum Gasteiger partial charge on any atom is 0.0287 e. The van der Waals surface area contributed by atoms with E-state index in [1.54, 1.807) is 0 Å². The Morgan fingerprint density at radius 2 is 1.09 bits per heavy atom. The molecule has 0 radical (unpaired) electrons. The molecule has 0 N–H and O–H groups in total. The normalized spacial score (nSPS) is 10.9. The lowest BCUT2D eigenvalue weighted by Gasteiger charge is -2.16. The summed E-state index contributed by atoms with van der Waals surface area (Å²) in [6.07, 6.45) is 0. The van der Waals surface area contributed by atoms with Gasteiger partial charge in [-0.25, -0.2) is 0 Å². The van der Waals surface area contributed by atoms with Crippen molar-refractivity contribution in [3.63, 3.8) is 0 Å². The van der Waals surface area contributed by atoms with Gasteiger partial charge in [-0.1, -0.05) is 74.5 Å². The molecule has 22 heavy (non-hydrogen) atoms. The summed E-state index contributed by atoms with van der Waals surface area (Å²) in [4.78, 5) is 0. The second kappa shape index (κ2) is 6.66. The zero-order valence-corrected chi connectivity index (χ0v) is 15.0. The molecule has 110 valence electrons. The van der Waals surface area contributed by atoms with Crippen molar-refractivity contribution in [1.82, 2.24) is 0 Å². The van der Waals surface area contributed by atoms with Gasteiger partial charge in [0.25, 0.3) is 0 Å². The molecule has 0 saturated heterocycles. The first-order valence-electron chi connectivity index (χ1n) is 7.61. The predicted molar refractivity (Wildman–Crippen MR) is 104 cm³/mol. The van der Waals surface area contributed by atoms with Gasteiger partial charge < -0.3 is 0 Å². The lowest BCUT2D eigenvalue weighted by molar-refractivity contribution is 0.867. The monoisotopic (exact) mass is 398 g/mol. The summed E-state index contributed by atoms with van der Waals surface area (Å²) in [6.45, 7) is 4.51. The van der Waals surface area contributed by atoms with E-state index in [4.69, 9.17) is 0 Å². The van der Waals surface area contributed by atoms with Gasteiger partial charge in [-0.05, 0) is 68.5 Å². The maximum absolute atomic E-state index is 2.49. The van der Waals surface area contributed by atoms with Crippen LogP contribution in [0.2, 0.25) is 0 Å². The Morgan fingerprint density at radius 3 is 1.45 bits per heavy atom. The summed E-state index contributed by atoms with van der Waals surface area (Å²) in [7, 11) is 0. The molecule has 0 saturated carbocycles. The summed E-state index contributed by atoms with van der Waals surface area (Å²) >= 11 is 2.49. The minimum atomic E-state index is 0.516. The number of halogens is 1. The van der Waals surface area contributed by atoms with Crippen LogP contribution in [0.3, 0.4) is 0 Å². The Bertz CT molecular complexity index is 698. The van der Waals surface area contributed by atoms with Crippen molar-refractivity contribution < 1.29 is 0 Å². The van der Waals surface area contributed by atoms with Gasteiger partial charge in [0.2, 0.25) is 0 Å². The second-order valence-corrected chi connectivity index (χ2v) is 6.90. The van der Waals surface area contributed by atoms with Crippen LogP contribution in [-0.2, 0) is 0 Å². The molecule has 0 aliphatic rings. The third-order valence-corrected chi connectivity index (χ3v) is 5.09. The zero-order valence-electron chi connectivity index (χ0n) is 12.9. The molecule has 0 unspecified atom stereocenters. The van der Waals surface area contributed by atoms with Crippen molar-refractivity contribution in [1.29, 1.82) is 0 Å². The molecule has 3 aromatic carbocycles. The quantitative estimate of drug-likeness (QED) is 0.428. The molecule has 0 atom stereocenters. The van der Waals surface area contributed by atoms with E-state index in [-0.39, 0.29) is 0 Å². The largest absolute Gasteiger partial charge is 0.0622 e. The molecule has 0 bridgehead atoms. The fraction of sp³-hybridized carbons (Fsp3) is 0.143. The average Bonchev–Trinajstić information content (AvgIpc) is 2.56. The number of benzene rings is 3. The molecule has 0 heterocycles. The zero-order chi connectivity index (χ0) is 15.5. The van der Waals surface area contributed by atoms with Crippen molar-refractivity contribution in [3.05, 3.63) is 81.9 Å². The Balaban J connectivity index is 2.25. The molecule has 0 aromatic heterocycles. The highest BCUT2D eigenvalue weighted by atomic mass is 127. The van der Waals surface area contributed by atoms with Crippen LogP contribution in [0.4, 0.5) is 0 Å². The van der Waals surface area contributed by atoms with Crippen LogP contribution >= 0.6 is 22.6 Å². The minimum absolute atomic E-state index is 0.516. The van der Waals surface area contributed by atoms with E-state index in [2.05, 4.69) is 109 Å². The Hall–Kier alpha value is -1.61. The van der Waals surface area contributed by atoms with Crippen LogP contribution in [-0.4, -0.2) is 0 Å². The van der Waals surface area contributed by atoms with Gasteiger partial charge in [0, 0.05) is 3.57 Å². The summed E-state index contributed by atoms with van der Waals surface area (Å²) < 4.78 is 1.32. The minimum Gasteiger partial charge on any atom is -0.0622 e. The molecule has 0 amide bonds. The number of hydrogen-bond donors (Lipinski definition) is 0. The molecule has 3 rings (SSSR count). The highest BCUT2D eigenvalue weighted by molar-refractivity contribution is 14.1. The van der Waals surface area contributed by atoms with Gasteiger partial charge in [-0.15, -0.1) is 0 Å². The van der Waals surface area contributed by atoms with Crippen LogP contribution in [0.5, 0.6) is 0 Å². The first-order valence-corrected chi connectivity index (χ1v) is 8.69. The van der Waals surface area contributed by atoms with E-state index in [1.807, 2.05) is 0 Å². The van der Waals surface area contributed by atoms with Crippen molar-refractivity contribution in [2.75, 3.05) is 0 Å². The topological polar surface area (TPSA) is 0 Å². The second-order valence-electron chi connectivity index (χ2n) is 5.82. The summed E-state index contributed by atoms with van der Waals surface area (Å²) in [5, 5.41) is 0. The fourth-order valence-electron chi connectivity index (χ4n) is 2.64. The highest BCUT2D eigenvalue weighted by Crippen LogP contribution is 2.36. The third kappa shape index (κ3) is 3.09. The summed E-state index contributed by atoms with van der Waals surface area (Å²) in [5.74, 6) is 0.516. The Kier molecular flexibility index (Phi) is 4.63. The fourth-order valence-corrected chi connectivity index (χ4v) is 3.57. The van der Waals surface area contributed by atoms with Crippen LogP contribution in [0.15, 0.2) is 72.8 Å². The van der Waals surface area contributed by atoms with E-state index in [0.29, 0.717) is 5.92 Å². The van der Waals surface area contributed by atoms with Crippen LogP contribution in [0.1, 0.15) is 25.3 Å². The molecule has 0 spiro atoms. The van der Waals surface area contributed by atoms with E-state index in [1.165, 1.54) is 31.4 Å². The number of hydrogen-bond acceptors (Lipinski definition) is 0. The smallest absolute Gasteiger partial charge is 0.0287 e. The van der Waals surface area contributed by atoms with Crippen molar-refractivity contribution in [2.45, 2.75) is 19.8 Å². The highest BCUT2D eigenvalue weighted by Gasteiger charge is 2.13. The lowest BCUT2D eigenvalue weighted by Crippen LogP contribution is -1.95. The van der Waals surface area contributed by atoms with E-state index >= 15 is 0 Å². The molecular formula is C21H19I. The SMILES string of the molecule is CC(C)c1cc(-c2ccccc2)c(I)c(-c2ccccc2)c1. The molecule has 0 nitrogen and oxygen atoms in total. The van der Waals surface area contributed by atoms with Crippen LogP contribution in [0.25, 0.3) is 22.3 Å². The van der Waals surface area contributed by atoms with Crippen molar-refractivity contribution >= 4 is 22.6 Å². The molecule has 0 aliphatic heterocycles. The van der Waals surface area contributed by atoms with Gasteiger partial charge in [0.05, 0.1) is 0 Å². The Labute approximate surface area is 146 Å². The van der Waals surface area contributed by atoms with E-state index in [9.17, 15) is 0 Å². The first kappa shape index (κ1) is 15.3. The maximum atomic E-state index is 2.49. The number of rotatable bonds is 3. The molecule has 1 heteroatoms. The molecule has 0 aliphatic carbocycles. The standard InChI is InChI=1S/C21H19I/c1-15(2)18-13-19(16-9-5-3-6-10-16)21(22)20(14-18)17-11-7-4-8-12-17/h3-15H,1-2H3. The van der Waals surface area contributed by atoms with E-state index < -0.39 is 0 Å². The van der Waals surface area contributed by atoms with Gasteiger partial charge in [-0.3, -0.25) is 0 Å². The molecule has 0 fully saturated rings. The molecule has 3 aromatic rings. The van der Waals surface area contributed by atoms with Crippen LogP contribution in [0, 0.1) is 3.57 Å². The summed E-state index contributed by atoms with van der Waals surface area (Å²) in [6, 6.07) is 26.0. The lowest BCUT2D eigenvalue weighted by atomic mass is 9.92. The van der Waals surface area contributed by atoms with Gasteiger partial charge >= 0.3 is 0 Å². The molecular weight excluding hydrogens is 379 g/mol. The average molecular weight is 398 g/mol. The van der Waals surface area contributed by atoms with Crippen molar-refractivity contribution in [2.24, 2.45) is 0 Å². The van der Waals surface area contributed by atoms with Gasteiger partial charge in [0.15, 0.2) is 0 Å². The Morgan fingerprint density at radius 1 is 0.682 bits per heavy atom. The van der Waals surface area contributed by atoms with E-state index in [0.717, 1.165) is 0 Å². The summed E-state index contributed by atoms with van der Waals surface area (Å²) in [5.41, 5.74) is 6.61. The van der Waals surface area contributed by atoms with Crippen LogP contribution < -0.4 is 0 Å². The predicted octanol–water partition coefficient (Wildman–Crippen LogP) is 6.75. The third-order valence-electron chi connectivity index (χ3n) is 3.93. The first-order chi connectivity index (χ1) is 10.7. The van der Waals surface area contributed by atoms with Gasteiger partial charge in [0.1, 0.15) is 0 Å².